The van der Waals surface area contributed by atoms with Crippen LogP contribution in [0.5, 0.6) is 0 Å². The second kappa shape index (κ2) is 6.30. The minimum absolute atomic E-state index is 0.0402. The molecule has 1 saturated heterocycles. The Hall–Kier alpha value is -0.695. The van der Waals surface area contributed by atoms with E-state index in [4.69, 9.17) is 23.1 Å². The molecule has 1 heterocycles. The van der Waals surface area contributed by atoms with Gasteiger partial charge in [-0.3, -0.25) is 4.79 Å². The van der Waals surface area contributed by atoms with Crippen molar-refractivity contribution in [2.45, 2.75) is 37.7 Å². The molecule has 2 atom stereocenters. The van der Waals surface area contributed by atoms with Gasteiger partial charge in [0.2, 0.25) is 0 Å². The van der Waals surface area contributed by atoms with Crippen LogP contribution in [0.3, 0.4) is 0 Å². The zero-order valence-electron chi connectivity index (χ0n) is 9.45. The molecule has 0 saturated carbocycles. The number of carboxylic acid groups (broad SMARTS) is 1. The molecular weight excluding hydrogens is 243 g/mol. The number of nitrogens with zero attached hydrogens (tertiary/aromatic N) is 1. The fourth-order valence-corrected chi connectivity index (χ4v) is 2.34. The zero-order valence-corrected chi connectivity index (χ0v) is 10.3. The van der Waals surface area contributed by atoms with Gasteiger partial charge in [0.1, 0.15) is 0 Å². The summed E-state index contributed by atoms with van der Waals surface area (Å²) >= 11 is 5.17. The highest BCUT2D eigenvalue weighted by Gasteiger charge is 2.36. The summed E-state index contributed by atoms with van der Waals surface area (Å²) in [6.45, 7) is 0.641. The van der Waals surface area contributed by atoms with Gasteiger partial charge in [-0.2, -0.15) is 0 Å². The number of aliphatic carboxylic acids is 1. The first kappa shape index (κ1) is 14.4. The largest absolute Gasteiger partial charge is 0.481 e. The average molecular weight is 260 g/mol. The van der Waals surface area contributed by atoms with Crippen molar-refractivity contribution in [1.29, 1.82) is 0 Å². The fraction of sp³-hybridized carbons (Fsp3) is 0.778. The molecule has 0 radical (unpaired) electrons. The summed E-state index contributed by atoms with van der Waals surface area (Å²) in [4.78, 5) is 12.5. The lowest BCUT2D eigenvalue weighted by Crippen LogP contribution is -2.50. The van der Waals surface area contributed by atoms with E-state index in [0.717, 1.165) is 6.42 Å². The van der Waals surface area contributed by atoms with Crippen LogP contribution in [0.2, 0.25) is 0 Å². The Morgan fingerprint density at radius 1 is 1.59 bits per heavy atom. The van der Waals surface area contributed by atoms with Gasteiger partial charge in [0.25, 0.3) is 0 Å². The van der Waals surface area contributed by atoms with Gasteiger partial charge in [0.05, 0.1) is 17.0 Å². The van der Waals surface area contributed by atoms with E-state index >= 15 is 0 Å². The van der Waals surface area contributed by atoms with Crippen molar-refractivity contribution in [3.05, 3.63) is 0 Å². The molecule has 5 N–H and O–H groups in total. The minimum Gasteiger partial charge on any atom is -0.481 e. The van der Waals surface area contributed by atoms with E-state index in [0.29, 0.717) is 18.0 Å². The first-order chi connectivity index (χ1) is 7.93. The Balaban J connectivity index is 2.53. The van der Waals surface area contributed by atoms with Crippen molar-refractivity contribution < 1.29 is 19.9 Å². The lowest BCUT2D eigenvalue weighted by atomic mass is 9.78. The number of hydrogen-bond acceptors (Lipinski definition) is 5. The van der Waals surface area contributed by atoms with Crippen LogP contribution < -0.4 is 5.73 Å². The lowest BCUT2D eigenvalue weighted by Gasteiger charge is -2.29. The molecule has 2 unspecified atom stereocenters. The highest BCUT2D eigenvalue weighted by atomic mass is 32.1. The van der Waals surface area contributed by atoms with Crippen molar-refractivity contribution in [2.24, 2.45) is 5.73 Å². The Bertz CT molecular complexity index is 303. The summed E-state index contributed by atoms with van der Waals surface area (Å²) in [6, 6.07) is -0.527. The van der Waals surface area contributed by atoms with Crippen molar-refractivity contribution in [1.82, 2.24) is 4.90 Å². The minimum atomic E-state index is -1.44. The van der Waals surface area contributed by atoms with Crippen LogP contribution in [0.15, 0.2) is 0 Å². The van der Waals surface area contributed by atoms with Gasteiger partial charge < -0.3 is 25.8 Å². The summed E-state index contributed by atoms with van der Waals surface area (Å²) in [5.74, 6) is -1.33. The van der Waals surface area contributed by atoms with Crippen molar-refractivity contribution in [2.75, 3.05) is 6.54 Å². The highest BCUT2D eigenvalue weighted by Crippen LogP contribution is 2.20. The van der Waals surface area contributed by atoms with Crippen molar-refractivity contribution in [3.63, 3.8) is 0 Å². The topological polar surface area (TPSA) is 107 Å². The van der Waals surface area contributed by atoms with Crippen LogP contribution in [0, 0.1) is 0 Å². The standard InChI is InChI=1S/C9H17BN2O4S/c11-6(3-4-8(13)14)9(17)12-5-1-2-7(12)10(15)16/h6-7,15-16H,1-5,11H2,(H,13,14). The summed E-state index contributed by atoms with van der Waals surface area (Å²) in [5, 5.41) is 26.9. The van der Waals surface area contributed by atoms with Gasteiger partial charge in [-0.25, -0.2) is 0 Å². The first-order valence-electron chi connectivity index (χ1n) is 5.57. The maximum Gasteiger partial charge on any atom is 0.475 e. The molecule has 0 aromatic heterocycles. The molecule has 1 rings (SSSR count). The number of nitrogens with two attached hydrogens (primary N) is 1. The van der Waals surface area contributed by atoms with E-state index in [1.54, 1.807) is 4.90 Å². The molecule has 17 heavy (non-hydrogen) atoms. The lowest BCUT2D eigenvalue weighted by molar-refractivity contribution is -0.137. The first-order valence-corrected chi connectivity index (χ1v) is 5.98. The maximum atomic E-state index is 10.4. The van der Waals surface area contributed by atoms with E-state index in [-0.39, 0.29) is 12.8 Å². The molecule has 0 bridgehead atoms. The second-order valence-corrected chi connectivity index (χ2v) is 4.61. The molecule has 0 amide bonds. The van der Waals surface area contributed by atoms with Gasteiger partial charge in [0, 0.05) is 13.0 Å². The molecule has 1 aliphatic heterocycles. The second-order valence-electron chi connectivity index (χ2n) is 4.19. The Morgan fingerprint density at radius 2 is 2.24 bits per heavy atom. The van der Waals surface area contributed by atoms with Crippen molar-refractivity contribution in [3.8, 4) is 0 Å². The van der Waals surface area contributed by atoms with E-state index in [1.807, 2.05) is 0 Å². The quantitative estimate of drug-likeness (QED) is 0.370. The number of thiocarbonyl (C=S) groups is 1. The van der Waals surface area contributed by atoms with Gasteiger partial charge in [-0.1, -0.05) is 12.2 Å². The number of rotatable bonds is 5. The molecule has 1 fully saturated rings. The van der Waals surface area contributed by atoms with Gasteiger partial charge in [-0.15, -0.1) is 0 Å². The predicted molar refractivity (Wildman–Crippen MR) is 67.4 cm³/mol. The third-order valence-corrected chi connectivity index (χ3v) is 3.45. The van der Waals surface area contributed by atoms with Crippen molar-refractivity contribution >= 4 is 30.3 Å². The number of hydrogen-bond donors (Lipinski definition) is 4. The van der Waals surface area contributed by atoms with E-state index in [2.05, 4.69) is 0 Å². The van der Waals surface area contributed by atoms with Crippen LogP contribution >= 0.6 is 12.2 Å². The van der Waals surface area contributed by atoms with Crippen LogP contribution in [0.25, 0.3) is 0 Å². The van der Waals surface area contributed by atoms with Crippen LogP contribution in [-0.4, -0.2) is 56.7 Å². The van der Waals surface area contributed by atoms with Gasteiger partial charge in [0.15, 0.2) is 0 Å². The Labute approximate surface area is 106 Å². The number of likely N-dealkylation sites (tertiary alicyclic amines) is 1. The van der Waals surface area contributed by atoms with E-state index in [9.17, 15) is 14.8 Å². The SMILES string of the molecule is NC(CCC(=O)O)C(=S)N1CCCC1B(O)O. The third kappa shape index (κ3) is 3.92. The molecule has 0 spiro atoms. The van der Waals surface area contributed by atoms with Gasteiger partial charge >= 0.3 is 13.1 Å². The molecular formula is C9H17BN2O4S. The fourth-order valence-electron chi connectivity index (χ4n) is 1.99. The van der Waals surface area contributed by atoms with E-state index in [1.165, 1.54) is 0 Å². The highest BCUT2D eigenvalue weighted by molar-refractivity contribution is 7.80. The van der Waals surface area contributed by atoms with Crippen LogP contribution in [0.4, 0.5) is 0 Å². The molecule has 96 valence electrons. The third-order valence-electron chi connectivity index (χ3n) is 2.91. The zero-order chi connectivity index (χ0) is 13.0. The summed E-state index contributed by atoms with van der Waals surface area (Å²) < 4.78 is 0. The van der Waals surface area contributed by atoms with E-state index < -0.39 is 25.1 Å². The molecule has 0 aliphatic carbocycles. The monoisotopic (exact) mass is 260 g/mol. The molecule has 1 aliphatic rings. The number of carbonyl (C=O) groups is 1. The average Bonchev–Trinajstić information content (AvgIpc) is 2.73. The molecule has 8 heteroatoms. The normalized spacial score (nSPS) is 21.4. The predicted octanol–water partition coefficient (Wildman–Crippen LogP) is -1.02. The summed E-state index contributed by atoms with van der Waals surface area (Å²) in [6.07, 6.45) is 1.71. The van der Waals surface area contributed by atoms with Gasteiger partial charge in [-0.05, 0) is 19.3 Å². The Morgan fingerprint density at radius 3 is 2.76 bits per heavy atom. The molecule has 0 aromatic carbocycles. The van der Waals surface area contributed by atoms with Crippen LogP contribution in [-0.2, 0) is 4.79 Å². The summed E-state index contributed by atoms with van der Waals surface area (Å²) in [7, 11) is -1.44. The molecule has 6 nitrogen and oxygen atoms in total. The molecule has 0 aromatic rings. The smallest absolute Gasteiger partial charge is 0.475 e. The Kier molecular flexibility index (Phi) is 5.32. The maximum absolute atomic E-state index is 10.4. The number of carboxylic acids is 1. The summed E-state index contributed by atoms with van der Waals surface area (Å²) in [5.41, 5.74) is 5.80. The van der Waals surface area contributed by atoms with Crippen LogP contribution in [0.1, 0.15) is 25.7 Å².